The van der Waals surface area contributed by atoms with Crippen molar-refractivity contribution in [2.75, 3.05) is 6.54 Å². The smallest absolute Gasteiger partial charge is 0.275 e. The first kappa shape index (κ1) is 11.9. The third-order valence-corrected chi connectivity index (χ3v) is 2.18. The van der Waals surface area contributed by atoms with Crippen LogP contribution in [-0.4, -0.2) is 11.5 Å². The first-order valence-corrected chi connectivity index (χ1v) is 4.72. The lowest BCUT2D eigenvalue weighted by Crippen LogP contribution is -2.05. The summed E-state index contributed by atoms with van der Waals surface area (Å²) < 4.78 is 13.5. The third-order valence-electron chi connectivity index (χ3n) is 1.94. The van der Waals surface area contributed by atoms with Crippen molar-refractivity contribution in [2.45, 2.75) is 12.6 Å². The SMILES string of the molecule is NCCC(F)c1cc(Cl)ccc1[N+](=O)[O-]. The molecule has 0 aliphatic rings. The normalized spacial score (nSPS) is 12.5. The van der Waals surface area contributed by atoms with Crippen LogP contribution < -0.4 is 5.73 Å². The van der Waals surface area contributed by atoms with Crippen molar-refractivity contribution in [1.29, 1.82) is 0 Å². The van der Waals surface area contributed by atoms with E-state index in [2.05, 4.69) is 0 Å². The molecule has 0 fully saturated rings. The predicted octanol–water partition coefficient (Wildman–Crippen LogP) is 2.61. The summed E-state index contributed by atoms with van der Waals surface area (Å²) in [5.41, 5.74) is 4.91. The van der Waals surface area contributed by atoms with Crippen LogP contribution in [0.3, 0.4) is 0 Å². The molecule has 0 aromatic heterocycles. The van der Waals surface area contributed by atoms with Gasteiger partial charge < -0.3 is 5.73 Å². The number of halogens is 2. The maximum atomic E-state index is 13.5. The summed E-state index contributed by atoms with van der Waals surface area (Å²) in [6.45, 7) is 0.130. The van der Waals surface area contributed by atoms with Gasteiger partial charge in [0.2, 0.25) is 0 Å². The lowest BCUT2D eigenvalue weighted by atomic mass is 10.1. The second-order valence-electron chi connectivity index (χ2n) is 3.01. The van der Waals surface area contributed by atoms with Gasteiger partial charge in [-0.25, -0.2) is 4.39 Å². The van der Waals surface area contributed by atoms with E-state index in [1.165, 1.54) is 18.2 Å². The molecule has 1 atom stereocenters. The van der Waals surface area contributed by atoms with Gasteiger partial charge in [-0.1, -0.05) is 11.6 Å². The number of hydrogen-bond acceptors (Lipinski definition) is 3. The largest absolute Gasteiger partial charge is 0.330 e. The lowest BCUT2D eigenvalue weighted by molar-refractivity contribution is -0.386. The molecule has 0 saturated carbocycles. The zero-order chi connectivity index (χ0) is 11.4. The molecule has 0 bridgehead atoms. The van der Waals surface area contributed by atoms with E-state index in [9.17, 15) is 14.5 Å². The van der Waals surface area contributed by atoms with Gasteiger partial charge in [0.1, 0.15) is 6.17 Å². The van der Waals surface area contributed by atoms with Gasteiger partial charge in [0.05, 0.1) is 10.5 Å². The topological polar surface area (TPSA) is 69.2 Å². The fourth-order valence-electron chi connectivity index (χ4n) is 1.24. The van der Waals surface area contributed by atoms with Gasteiger partial charge in [0.25, 0.3) is 5.69 Å². The number of nitrogens with two attached hydrogens (primary N) is 1. The summed E-state index contributed by atoms with van der Waals surface area (Å²) in [4.78, 5) is 9.98. The molecular formula is C9H10ClFN2O2. The Morgan fingerprint density at radius 2 is 2.27 bits per heavy atom. The quantitative estimate of drug-likeness (QED) is 0.641. The molecule has 0 amide bonds. The van der Waals surface area contributed by atoms with E-state index in [-0.39, 0.29) is 29.2 Å². The monoisotopic (exact) mass is 232 g/mol. The number of nitro benzene ring substituents is 1. The van der Waals surface area contributed by atoms with Crippen molar-refractivity contribution in [1.82, 2.24) is 0 Å². The Labute approximate surface area is 91.0 Å². The summed E-state index contributed by atoms with van der Waals surface area (Å²) in [5.74, 6) is 0. The van der Waals surface area contributed by atoms with E-state index in [1.807, 2.05) is 0 Å². The predicted molar refractivity (Wildman–Crippen MR) is 55.6 cm³/mol. The Morgan fingerprint density at radius 1 is 1.60 bits per heavy atom. The van der Waals surface area contributed by atoms with Crippen LogP contribution in [0.25, 0.3) is 0 Å². The summed E-state index contributed by atoms with van der Waals surface area (Å²) >= 11 is 5.65. The fourth-order valence-corrected chi connectivity index (χ4v) is 1.42. The van der Waals surface area contributed by atoms with Crippen LogP contribution in [0.1, 0.15) is 18.2 Å². The van der Waals surface area contributed by atoms with Crippen LogP contribution in [0, 0.1) is 10.1 Å². The highest BCUT2D eigenvalue weighted by molar-refractivity contribution is 6.30. The van der Waals surface area contributed by atoms with Gasteiger partial charge in [-0.15, -0.1) is 0 Å². The van der Waals surface area contributed by atoms with E-state index in [1.54, 1.807) is 0 Å². The molecule has 0 radical (unpaired) electrons. The molecule has 0 aliphatic carbocycles. The Morgan fingerprint density at radius 3 is 2.80 bits per heavy atom. The maximum absolute atomic E-state index is 13.5. The Bertz CT molecular complexity index is 373. The molecule has 1 aromatic carbocycles. The maximum Gasteiger partial charge on any atom is 0.275 e. The van der Waals surface area contributed by atoms with Gasteiger partial charge in [0, 0.05) is 11.1 Å². The summed E-state index contributed by atoms with van der Waals surface area (Å²) in [6.07, 6.45) is -1.41. The van der Waals surface area contributed by atoms with E-state index in [0.717, 1.165) is 0 Å². The third kappa shape index (κ3) is 2.87. The molecule has 82 valence electrons. The highest BCUT2D eigenvalue weighted by Gasteiger charge is 2.21. The van der Waals surface area contributed by atoms with Gasteiger partial charge in [-0.05, 0) is 25.1 Å². The van der Waals surface area contributed by atoms with E-state index in [4.69, 9.17) is 17.3 Å². The van der Waals surface area contributed by atoms with Crippen molar-refractivity contribution in [2.24, 2.45) is 5.73 Å². The van der Waals surface area contributed by atoms with Crippen molar-refractivity contribution in [3.05, 3.63) is 38.9 Å². The van der Waals surface area contributed by atoms with E-state index in [0.29, 0.717) is 0 Å². The van der Waals surface area contributed by atoms with Crippen molar-refractivity contribution in [3.63, 3.8) is 0 Å². The zero-order valence-corrected chi connectivity index (χ0v) is 8.58. The lowest BCUT2D eigenvalue weighted by Gasteiger charge is -2.07. The number of benzene rings is 1. The summed E-state index contributed by atoms with van der Waals surface area (Å²) in [5, 5.41) is 10.9. The second-order valence-corrected chi connectivity index (χ2v) is 3.44. The van der Waals surface area contributed by atoms with Crippen molar-refractivity contribution < 1.29 is 9.31 Å². The van der Waals surface area contributed by atoms with E-state index < -0.39 is 11.1 Å². The average Bonchev–Trinajstić information content (AvgIpc) is 2.17. The van der Waals surface area contributed by atoms with Crippen molar-refractivity contribution in [3.8, 4) is 0 Å². The molecule has 1 unspecified atom stereocenters. The first-order chi connectivity index (χ1) is 7.06. The average molecular weight is 233 g/mol. The van der Waals surface area contributed by atoms with Crippen LogP contribution in [0.4, 0.5) is 10.1 Å². The minimum Gasteiger partial charge on any atom is -0.330 e. The standard InChI is InChI=1S/C9H10ClFN2O2/c10-6-1-2-9(13(14)15)7(5-6)8(11)3-4-12/h1-2,5,8H,3-4,12H2. The van der Waals surface area contributed by atoms with Gasteiger partial charge >= 0.3 is 0 Å². The highest BCUT2D eigenvalue weighted by atomic mass is 35.5. The molecule has 6 heteroatoms. The number of rotatable bonds is 4. The summed E-state index contributed by atoms with van der Waals surface area (Å²) in [7, 11) is 0. The molecule has 15 heavy (non-hydrogen) atoms. The van der Waals surface area contributed by atoms with Crippen LogP contribution in [0.5, 0.6) is 0 Å². The molecule has 0 saturated heterocycles. The number of nitrogens with zero attached hydrogens (tertiary/aromatic N) is 1. The second kappa shape index (κ2) is 5.04. The van der Waals surface area contributed by atoms with E-state index >= 15 is 0 Å². The molecule has 1 rings (SSSR count). The van der Waals surface area contributed by atoms with Crippen molar-refractivity contribution >= 4 is 17.3 Å². The first-order valence-electron chi connectivity index (χ1n) is 4.34. The molecule has 1 aromatic rings. The van der Waals surface area contributed by atoms with Gasteiger partial charge in [-0.3, -0.25) is 10.1 Å². The molecule has 4 nitrogen and oxygen atoms in total. The Balaban J connectivity index is 3.12. The molecular weight excluding hydrogens is 223 g/mol. The van der Waals surface area contributed by atoms with Gasteiger partial charge in [-0.2, -0.15) is 0 Å². The molecule has 0 heterocycles. The van der Waals surface area contributed by atoms with Crippen LogP contribution in [0.2, 0.25) is 5.02 Å². The van der Waals surface area contributed by atoms with Crippen LogP contribution in [0.15, 0.2) is 18.2 Å². The minimum atomic E-state index is -1.45. The number of nitro groups is 1. The fraction of sp³-hybridized carbons (Fsp3) is 0.333. The Hall–Kier alpha value is -1.20. The summed E-state index contributed by atoms with van der Waals surface area (Å²) in [6, 6.07) is 3.82. The molecule has 0 aliphatic heterocycles. The Kier molecular flexibility index (Phi) is 3.99. The number of alkyl halides is 1. The van der Waals surface area contributed by atoms with Crippen LogP contribution >= 0.6 is 11.6 Å². The van der Waals surface area contributed by atoms with Gasteiger partial charge in [0.15, 0.2) is 0 Å². The minimum absolute atomic E-state index is 0.0158. The number of hydrogen-bond donors (Lipinski definition) is 1. The highest BCUT2D eigenvalue weighted by Crippen LogP contribution is 2.31. The van der Waals surface area contributed by atoms with Crippen LogP contribution in [-0.2, 0) is 0 Å². The zero-order valence-electron chi connectivity index (χ0n) is 7.82. The molecule has 2 N–H and O–H groups in total. The molecule has 0 spiro atoms.